The molecule has 2 rings (SSSR count). The van der Waals surface area contributed by atoms with Gasteiger partial charge < -0.3 is 14.7 Å². The van der Waals surface area contributed by atoms with E-state index < -0.39 is 12.1 Å². The van der Waals surface area contributed by atoms with Gasteiger partial charge in [-0.05, 0) is 31.0 Å². The Balaban J connectivity index is 2.21. The molecule has 0 aliphatic carbocycles. The molecule has 1 unspecified atom stereocenters. The van der Waals surface area contributed by atoms with Crippen LogP contribution in [0, 0.1) is 13.8 Å². The van der Waals surface area contributed by atoms with Crippen LogP contribution in [0.1, 0.15) is 11.1 Å². The van der Waals surface area contributed by atoms with Crippen molar-refractivity contribution in [2.24, 2.45) is 0 Å². The van der Waals surface area contributed by atoms with Gasteiger partial charge in [0.05, 0.1) is 13.2 Å². The zero-order chi connectivity index (χ0) is 12.4. The van der Waals surface area contributed by atoms with Gasteiger partial charge in [-0.1, -0.05) is 12.1 Å². The van der Waals surface area contributed by atoms with Crippen molar-refractivity contribution in [3.63, 3.8) is 0 Å². The first kappa shape index (κ1) is 11.9. The van der Waals surface area contributed by atoms with Crippen molar-refractivity contribution in [2.45, 2.75) is 20.0 Å². The number of nitrogens with zero attached hydrogens (tertiary/aromatic N) is 1. The highest BCUT2D eigenvalue weighted by molar-refractivity contribution is 5.74. The van der Waals surface area contributed by atoms with Crippen molar-refractivity contribution in [1.29, 1.82) is 0 Å². The summed E-state index contributed by atoms with van der Waals surface area (Å²) in [6.07, 6.45) is -0.719. The summed E-state index contributed by atoms with van der Waals surface area (Å²) in [7, 11) is 0. The van der Waals surface area contributed by atoms with Crippen LogP contribution in [0.3, 0.4) is 0 Å². The zero-order valence-electron chi connectivity index (χ0n) is 10.1. The Kier molecular flexibility index (Phi) is 3.33. The molecule has 1 fully saturated rings. The minimum absolute atomic E-state index is 0.416. The number of anilines is 1. The Hall–Kier alpha value is -1.55. The molecule has 0 aromatic heterocycles. The number of carboxylic acid groups (broad SMARTS) is 1. The normalized spacial score (nSPS) is 20.4. The first-order valence-corrected chi connectivity index (χ1v) is 5.74. The molecular weight excluding hydrogens is 218 g/mol. The molecule has 1 aromatic carbocycles. The summed E-state index contributed by atoms with van der Waals surface area (Å²) in [6.45, 7) is 5.70. The van der Waals surface area contributed by atoms with Crippen LogP contribution >= 0.6 is 0 Å². The molecule has 0 spiro atoms. The van der Waals surface area contributed by atoms with Crippen LogP contribution < -0.4 is 4.90 Å². The number of morpholine rings is 1. The molecule has 0 saturated carbocycles. The Morgan fingerprint density at radius 2 is 2.24 bits per heavy atom. The highest BCUT2D eigenvalue weighted by Crippen LogP contribution is 2.23. The van der Waals surface area contributed by atoms with Crippen molar-refractivity contribution in [2.75, 3.05) is 24.6 Å². The van der Waals surface area contributed by atoms with Crippen LogP contribution in [0.2, 0.25) is 0 Å². The Bertz CT molecular complexity index is 431. The lowest BCUT2D eigenvalue weighted by Gasteiger charge is -2.33. The van der Waals surface area contributed by atoms with E-state index in [0.717, 1.165) is 12.2 Å². The van der Waals surface area contributed by atoms with Gasteiger partial charge in [-0.2, -0.15) is 0 Å². The molecular formula is C13H17NO3. The van der Waals surface area contributed by atoms with E-state index in [1.165, 1.54) is 11.1 Å². The maximum absolute atomic E-state index is 10.9. The summed E-state index contributed by atoms with van der Waals surface area (Å²) in [5.41, 5.74) is 3.46. The standard InChI is InChI=1S/C13H17NO3/c1-9-3-4-10(2)11(7-9)14-5-6-17-12(8-14)13(15)16/h3-4,7,12H,5-6,8H2,1-2H3,(H,15,16). The van der Waals surface area contributed by atoms with Gasteiger partial charge >= 0.3 is 5.97 Å². The van der Waals surface area contributed by atoms with E-state index in [2.05, 4.69) is 23.1 Å². The summed E-state index contributed by atoms with van der Waals surface area (Å²) in [5.74, 6) is -0.889. The van der Waals surface area contributed by atoms with Gasteiger partial charge in [-0.15, -0.1) is 0 Å². The first-order valence-electron chi connectivity index (χ1n) is 5.74. The van der Waals surface area contributed by atoms with Gasteiger partial charge in [0.2, 0.25) is 0 Å². The number of carbonyl (C=O) groups is 1. The highest BCUT2D eigenvalue weighted by atomic mass is 16.5. The molecule has 1 aliphatic heterocycles. The number of carboxylic acids is 1. The second kappa shape index (κ2) is 4.75. The molecule has 92 valence electrons. The Morgan fingerprint density at radius 3 is 2.94 bits per heavy atom. The van der Waals surface area contributed by atoms with Crippen LogP contribution in [-0.4, -0.2) is 36.9 Å². The second-order valence-corrected chi connectivity index (χ2v) is 4.43. The number of hydrogen-bond acceptors (Lipinski definition) is 3. The maximum atomic E-state index is 10.9. The molecule has 0 radical (unpaired) electrons. The van der Waals surface area contributed by atoms with Gasteiger partial charge in [0.25, 0.3) is 0 Å². The predicted octanol–water partition coefficient (Wildman–Crippen LogP) is 1.59. The van der Waals surface area contributed by atoms with Crippen molar-refractivity contribution in [1.82, 2.24) is 0 Å². The van der Waals surface area contributed by atoms with Gasteiger partial charge in [0, 0.05) is 12.2 Å². The quantitative estimate of drug-likeness (QED) is 0.845. The molecule has 4 heteroatoms. The lowest BCUT2D eigenvalue weighted by molar-refractivity contribution is -0.150. The maximum Gasteiger partial charge on any atom is 0.334 e. The predicted molar refractivity (Wildman–Crippen MR) is 65.5 cm³/mol. The van der Waals surface area contributed by atoms with Gasteiger partial charge in [0.1, 0.15) is 0 Å². The molecule has 0 bridgehead atoms. The third-order valence-corrected chi connectivity index (χ3v) is 3.05. The number of hydrogen-bond donors (Lipinski definition) is 1. The average Bonchev–Trinajstić information content (AvgIpc) is 2.32. The summed E-state index contributed by atoms with van der Waals surface area (Å²) in [6, 6.07) is 6.23. The Morgan fingerprint density at radius 1 is 1.47 bits per heavy atom. The molecule has 0 amide bonds. The van der Waals surface area contributed by atoms with Crippen LogP contribution in [0.4, 0.5) is 5.69 Å². The SMILES string of the molecule is Cc1ccc(C)c(N2CCOC(C(=O)O)C2)c1. The minimum atomic E-state index is -0.889. The molecule has 17 heavy (non-hydrogen) atoms. The number of rotatable bonds is 2. The third-order valence-electron chi connectivity index (χ3n) is 3.05. The summed E-state index contributed by atoms with van der Waals surface area (Å²) >= 11 is 0. The van der Waals surface area contributed by atoms with Crippen molar-refractivity contribution < 1.29 is 14.6 Å². The number of benzene rings is 1. The Labute approximate surface area is 101 Å². The van der Waals surface area contributed by atoms with E-state index >= 15 is 0 Å². The molecule has 1 aromatic rings. The fourth-order valence-corrected chi connectivity index (χ4v) is 2.08. The average molecular weight is 235 g/mol. The number of aryl methyl sites for hydroxylation is 2. The van der Waals surface area contributed by atoms with E-state index in [9.17, 15) is 4.79 Å². The lowest BCUT2D eigenvalue weighted by Crippen LogP contribution is -2.46. The summed E-state index contributed by atoms with van der Waals surface area (Å²) in [4.78, 5) is 13.0. The number of ether oxygens (including phenoxy) is 1. The summed E-state index contributed by atoms with van der Waals surface area (Å²) < 4.78 is 5.22. The second-order valence-electron chi connectivity index (χ2n) is 4.43. The van der Waals surface area contributed by atoms with E-state index in [4.69, 9.17) is 9.84 Å². The van der Waals surface area contributed by atoms with Crippen LogP contribution in [-0.2, 0) is 9.53 Å². The molecule has 1 atom stereocenters. The molecule has 1 heterocycles. The monoisotopic (exact) mass is 235 g/mol. The van der Waals surface area contributed by atoms with E-state index in [1.807, 2.05) is 13.8 Å². The first-order chi connectivity index (χ1) is 8.08. The largest absolute Gasteiger partial charge is 0.479 e. The fraction of sp³-hybridized carbons (Fsp3) is 0.462. The molecule has 1 N–H and O–H groups in total. The van der Waals surface area contributed by atoms with E-state index in [0.29, 0.717) is 13.2 Å². The molecule has 1 aliphatic rings. The van der Waals surface area contributed by atoms with Crippen molar-refractivity contribution >= 4 is 11.7 Å². The van der Waals surface area contributed by atoms with Crippen LogP contribution in [0.25, 0.3) is 0 Å². The van der Waals surface area contributed by atoms with E-state index in [1.54, 1.807) is 0 Å². The van der Waals surface area contributed by atoms with Crippen molar-refractivity contribution in [3.05, 3.63) is 29.3 Å². The highest BCUT2D eigenvalue weighted by Gasteiger charge is 2.26. The summed E-state index contributed by atoms with van der Waals surface area (Å²) in [5, 5.41) is 8.98. The topological polar surface area (TPSA) is 49.8 Å². The van der Waals surface area contributed by atoms with E-state index in [-0.39, 0.29) is 0 Å². The third kappa shape index (κ3) is 2.58. The van der Waals surface area contributed by atoms with Crippen molar-refractivity contribution in [3.8, 4) is 0 Å². The smallest absolute Gasteiger partial charge is 0.334 e. The fourth-order valence-electron chi connectivity index (χ4n) is 2.08. The molecule has 1 saturated heterocycles. The van der Waals surface area contributed by atoms with Crippen LogP contribution in [0.5, 0.6) is 0 Å². The zero-order valence-corrected chi connectivity index (χ0v) is 10.1. The van der Waals surface area contributed by atoms with Crippen LogP contribution in [0.15, 0.2) is 18.2 Å². The molecule has 4 nitrogen and oxygen atoms in total. The minimum Gasteiger partial charge on any atom is -0.479 e. The van der Waals surface area contributed by atoms with Gasteiger partial charge in [0.15, 0.2) is 6.10 Å². The van der Waals surface area contributed by atoms with Gasteiger partial charge in [-0.25, -0.2) is 4.79 Å². The van der Waals surface area contributed by atoms with Gasteiger partial charge in [-0.3, -0.25) is 0 Å². The number of aliphatic carboxylic acids is 1. The lowest BCUT2D eigenvalue weighted by atomic mass is 10.1.